The number of amides is 2. The van der Waals surface area contributed by atoms with Crippen LogP contribution >= 0.6 is 46.6 Å². The maximum Gasteiger partial charge on any atom is 0.293 e. The van der Waals surface area contributed by atoms with Crippen LogP contribution in [0.2, 0.25) is 15.1 Å². The molecule has 0 saturated carbocycles. The summed E-state index contributed by atoms with van der Waals surface area (Å²) in [5, 5.41) is 1.17. The number of methoxy groups -OCH3 is 1. The standard InChI is InChI=1S/C26H20Cl3NO5S/c1-33-23-13-16(3-9-22(23)35-15-17-2-8-20(28)21(29)12-17)14-24-25(31)30(26(32)36-24)10-11-34-19-6-4-18(27)5-7-19/h2-9,12-14H,10-11,15H2,1H3/b24-14-. The summed E-state index contributed by atoms with van der Waals surface area (Å²) in [5.74, 6) is 1.24. The number of thioether (sulfide) groups is 1. The Bertz CT molecular complexity index is 1310. The molecule has 0 atom stereocenters. The van der Waals surface area contributed by atoms with Gasteiger partial charge < -0.3 is 14.2 Å². The van der Waals surface area contributed by atoms with Gasteiger partial charge in [-0.1, -0.05) is 46.9 Å². The SMILES string of the molecule is COc1cc(/C=C2\SC(=O)N(CCOc3ccc(Cl)cc3)C2=O)ccc1OCc1ccc(Cl)c(Cl)c1. The summed E-state index contributed by atoms with van der Waals surface area (Å²) in [6.07, 6.45) is 1.65. The lowest BCUT2D eigenvalue weighted by Gasteiger charge is -2.13. The zero-order chi connectivity index (χ0) is 25.7. The Morgan fingerprint density at radius 1 is 0.889 bits per heavy atom. The van der Waals surface area contributed by atoms with Crippen molar-refractivity contribution in [3.8, 4) is 17.2 Å². The normalized spacial score (nSPS) is 14.4. The fourth-order valence-electron chi connectivity index (χ4n) is 3.31. The molecule has 0 unspecified atom stereocenters. The van der Waals surface area contributed by atoms with Crippen molar-refractivity contribution in [3.63, 3.8) is 0 Å². The molecule has 0 aliphatic carbocycles. The molecular weight excluding hydrogens is 545 g/mol. The number of carbonyl (C=O) groups is 2. The quantitative estimate of drug-likeness (QED) is 0.253. The number of imide groups is 1. The topological polar surface area (TPSA) is 65.1 Å². The van der Waals surface area contributed by atoms with Crippen LogP contribution in [0.25, 0.3) is 6.08 Å². The van der Waals surface area contributed by atoms with E-state index in [4.69, 9.17) is 49.0 Å². The fraction of sp³-hybridized carbons (Fsp3) is 0.154. The van der Waals surface area contributed by atoms with Gasteiger partial charge >= 0.3 is 0 Å². The van der Waals surface area contributed by atoms with Crippen molar-refractivity contribution in [1.82, 2.24) is 4.90 Å². The summed E-state index contributed by atoms with van der Waals surface area (Å²) in [7, 11) is 1.53. The van der Waals surface area contributed by atoms with Crippen LogP contribution in [-0.2, 0) is 11.4 Å². The number of carbonyl (C=O) groups excluding carboxylic acids is 2. The van der Waals surface area contributed by atoms with Gasteiger partial charge in [-0.05, 0) is 77.5 Å². The summed E-state index contributed by atoms with van der Waals surface area (Å²) in [6.45, 7) is 0.574. The van der Waals surface area contributed by atoms with Gasteiger partial charge in [0.05, 0.1) is 28.6 Å². The van der Waals surface area contributed by atoms with Crippen LogP contribution in [0.1, 0.15) is 11.1 Å². The molecule has 6 nitrogen and oxygen atoms in total. The number of halogens is 3. The lowest BCUT2D eigenvalue weighted by Crippen LogP contribution is -2.32. The summed E-state index contributed by atoms with van der Waals surface area (Å²) < 4.78 is 16.9. The number of rotatable bonds is 9. The van der Waals surface area contributed by atoms with Crippen LogP contribution in [0.3, 0.4) is 0 Å². The van der Waals surface area contributed by atoms with E-state index in [0.717, 1.165) is 17.3 Å². The molecule has 0 N–H and O–H groups in total. The van der Waals surface area contributed by atoms with Gasteiger partial charge in [-0.25, -0.2) is 0 Å². The molecule has 1 saturated heterocycles. The third-order valence-corrected chi connectivity index (χ3v) is 7.03. The zero-order valence-electron chi connectivity index (χ0n) is 19.0. The minimum atomic E-state index is -0.372. The van der Waals surface area contributed by atoms with Gasteiger partial charge in [0.2, 0.25) is 0 Å². The number of hydrogen-bond acceptors (Lipinski definition) is 6. The van der Waals surface area contributed by atoms with Gasteiger partial charge in [-0.15, -0.1) is 0 Å². The Morgan fingerprint density at radius 2 is 1.67 bits per heavy atom. The molecule has 1 aliphatic rings. The molecule has 186 valence electrons. The van der Waals surface area contributed by atoms with Crippen LogP contribution in [0.15, 0.2) is 65.6 Å². The molecule has 3 aromatic carbocycles. The highest BCUT2D eigenvalue weighted by Gasteiger charge is 2.34. The summed E-state index contributed by atoms with van der Waals surface area (Å²) in [4.78, 5) is 26.7. The van der Waals surface area contributed by atoms with Crippen molar-refractivity contribution in [1.29, 1.82) is 0 Å². The molecule has 10 heteroatoms. The van der Waals surface area contributed by atoms with E-state index in [9.17, 15) is 9.59 Å². The van der Waals surface area contributed by atoms with Crippen molar-refractivity contribution in [2.24, 2.45) is 0 Å². The molecule has 0 bridgehead atoms. The van der Waals surface area contributed by atoms with Gasteiger partial charge in [-0.3, -0.25) is 14.5 Å². The molecule has 1 fully saturated rings. The Labute approximate surface area is 227 Å². The molecule has 3 aromatic rings. The van der Waals surface area contributed by atoms with E-state index in [1.54, 1.807) is 60.7 Å². The third kappa shape index (κ3) is 6.48. The second-order valence-electron chi connectivity index (χ2n) is 7.58. The predicted molar refractivity (Wildman–Crippen MR) is 143 cm³/mol. The maximum atomic E-state index is 12.8. The van der Waals surface area contributed by atoms with Crippen molar-refractivity contribution >= 4 is 63.8 Å². The van der Waals surface area contributed by atoms with Crippen LogP contribution in [-0.4, -0.2) is 36.3 Å². The zero-order valence-corrected chi connectivity index (χ0v) is 22.1. The van der Waals surface area contributed by atoms with Crippen LogP contribution < -0.4 is 14.2 Å². The fourth-order valence-corrected chi connectivity index (χ4v) is 4.63. The van der Waals surface area contributed by atoms with E-state index in [-0.39, 0.29) is 30.9 Å². The first-order chi connectivity index (χ1) is 17.3. The number of nitrogens with zero attached hydrogens (tertiary/aromatic N) is 1. The Balaban J connectivity index is 1.39. The summed E-state index contributed by atoms with van der Waals surface area (Å²) >= 11 is 18.8. The molecule has 1 aliphatic heterocycles. The molecule has 2 amide bonds. The van der Waals surface area contributed by atoms with Gasteiger partial charge in [0.1, 0.15) is 19.0 Å². The molecule has 4 rings (SSSR count). The highest BCUT2D eigenvalue weighted by Crippen LogP contribution is 2.35. The summed E-state index contributed by atoms with van der Waals surface area (Å²) in [5.41, 5.74) is 1.54. The largest absolute Gasteiger partial charge is 0.493 e. The van der Waals surface area contributed by atoms with Crippen molar-refractivity contribution < 1.29 is 23.8 Å². The molecule has 0 radical (unpaired) electrons. The van der Waals surface area contributed by atoms with E-state index in [0.29, 0.717) is 42.8 Å². The van der Waals surface area contributed by atoms with E-state index < -0.39 is 0 Å². The van der Waals surface area contributed by atoms with E-state index in [1.165, 1.54) is 12.0 Å². The smallest absolute Gasteiger partial charge is 0.293 e. The van der Waals surface area contributed by atoms with E-state index in [1.807, 2.05) is 6.07 Å². The van der Waals surface area contributed by atoms with Crippen molar-refractivity contribution in [2.45, 2.75) is 6.61 Å². The first kappa shape index (κ1) is 26.2. The average Bonchev–Trinajstić information content (AvgIpc) is 3.13. The Kier molecular flexibility index (Phi) is 8.69. The lowest BCUT2D eigenvalue weighted by molar-refractivity contribution is -0.123. The van der Waals surface area contributed by atoms with Gasteiger partial charge in [0.25, 0.3) is 11.1 Å². The number of benzene rings is 3. The van der Waals surface area contributed by atoms with Crippen LogP contribution in [0.5, 0.6) is 17.2 Å². The average molecular weight is 565 g/mol. The first-order valence-corrected chi connectivity index (χ1v) is 12.7. The minimum absolute atomic E-state index is 0.134. The second-order valence-corrected chi connectivity index (χ2v) is 9.83. The lowest BCUT2D eigenvalue weighted by atomic mass is 10.1. The van der Waals surface area contributed by atoms with E-state index >= 15 is 0 Å². The molecular formula is C26H20Cl3NO5S. The predicted octanol–water partition coefficient (Wildman–Crippen LogP) is 7.35. The van der Waals surface area contributed by atoms with E-state index in [2.05, 4.69) is 0 Å². The number of hydrogen-bond donors (Lipinski definition) is 0. The number of ether oxygens (including phenoxy) is 3. The first-order valence-electron chi connectivity index (χ1n) is 10.7. The second kappa shape index (κ2) is 11.9. The molecule has 0 spiro atoms. The molecule has 36 heavy (non-hydrogen) atoms. The third-order valence-electron chi connectivity index (χ3n) is 5.13. The van der Waals surface area contributed by atoms with Gasteiger partial charge in [0, 0.05) is 5.02 Å². The van der Waals surface area contributed by atoms with Crippen LogP contribution in [0.4, 0.5) is 4.79 Å². The Hall–Kier alpha value is -2.84. The molecule has 0 aromatic heterocycles. The minimum Gasteiger partial charge on any atom is -0.493 e. The van der Waals surface area contributed by atoms with Crippen molar-refractivity contribution in [3.05, 3.63) is 91.8 Å². The maximum absolute atomic E-state index is 12.8. The monoisotopic (exact) mass is 563 g/mol. The van der Waals surface area contributed by atoms with Crippen molar-refractivity contribution in [2.75, 3.05) is 20.3 Å². The van der Waals surface area contributed by atoms with Crippen LogP contribution in [0, 0.1) is 0 Å². The highest BCUT2D eigenvalue weighted by atomic mass is 35.5. The highest BCUT2D eigenvalue weighted by molar-refractivity contribution is 8.18. The summed E-state index contributed by atoms with van der Waals surface area (Å²) in [6, 6.07) is 17.4. The van der Waals surface area contributed by atoms with Gasteiger partial charge in [0.15, 0.2) is 11.5 Å². The molecule has 1 heterocycles. The van der Waals surface area contributed by atoms with Gasteiger partial charge in [-0.2, -0.15) is 0 Å². The Morgan fingerprint density at radius 3 is 2.39 bits per heavy atom.